The zero-order valence-electron chi connectivity index (χ0n) is 25.3. The standard InChI is InChI=1S/C32H47NO9/c1-20(34)41-25-18-32(38)24-8-11-31(37)17-22(42-28(36)39-15-14-33-12-4-5-13-33)6-9-29(31,2)23(24)7-10-30(32,3)27(25)21-16-26(35)40-19-21/h16,22-25,27,37-38H,4-15,17-19H2,1-3H3/t22-,23-,24+,25-,27-,29+,30+,31-,32-/m0/s1. The van der Waals surface area contributed by atoms with Crippen LogP contribution in [0.15, 0.2) is 11.6 Å². The van der Waals surface area contributed by atoms with Crippen LogP contribution in [0.3, 0.4) is 0 Å². The average Bonchev–Trinajstić information content (AvgIpc) is 3.63. The minimum atomic E-state index is -1.13. The van der Waals surface area contributed by atoms with Crippen LogP contribution in [-0.4, -0.2) is 89.5 Å². The third kappa shape index (κ3) is 4.76. The Kier molecular flexibility index (Phi) is 7.66. The first-order valence-electron chi connectivity index (χ1n) is 15.9. The van der Waals surface area contributed by atoms with Crippen LogP contribution in [0.2, 0.25) is 0 Å². The van der Waals surface area contributed by atoms with E-state index < -0.39 is 52.3 Å². The summed E-state index contributed by atoms with van der Waals surface area (Å²) in [6.45, 7) is 8.85. The number of aliphatic hydroxyl groups is 2. The van der Waals surface area contributed by atoms with Crippen LogP contribution in [0.1, 0.15) is 85.0 Å². The van der Waals surface area contributed by atoms with Crippen molar-refractivity contribution in [2.24, 2.45) is 28.6 Å². The van der Waals surface area contributed by atoms with Crippen molar-refractivity contribution in [3.8, 4) is 0 Å². The molecule has 0 aromatic heterocycles. The molecule has 0 bridgehead atoms. The number of esters is 2. The van der Waals surface area contributed by atoms with Gasteiger partial charge in [-0.2, -0.15) is 0 Å². The van der Waals surface area contributed by atoms with Gasteiger partial charge in [0.15, 0.2) is 0 Å². The number of cyclic esters (lactones) is 1. The van der Waals surface area contributed by atoms with Gasteiger partial charge in [0.2, 0.25) is 0 Å². The van der Waals surface area contributed by atoms with Crippen LogP contribution >= 0.6 is 0 Å². The molecule has 5 fully saturated rings. The highest BCUT2D eigenvalue weighted by Crippen LogP contribution is 2.71. The van der Waals surface area contributed by atoms with Crippen molar-refractivity contribution in [3.05, 3.63) is 11.6 Å². The summed E-state index contributed by atoms with van der Waals surface area (Å²) in [7, 11) is 0. The zero-order valence-corrected chi connectivity index (χ0v) is 25.3. The highest BCUT2D eigenvalue weighted by atomic mass is 16.7. The molecule has 0 radical (unpaired) electrons. The molecule has 0 spiro atoms. The molecule has 10 nitrogen and oxygen atoms in total. The molecule has 234 valence electrons. The second kappa shape index (κ2) is 10.8. The highest BCUT2D eigenvalue weighted by Gasteiger charge is 2.72. The third-order valence-corrected chi connectivity index (χ3v) is 12.4. The van der Waals surface area contributed by atoms with Gasteiger partial charge in [0.25, 0.3) is 0 Å². The topological polar surface area (TPSA) is 132 Å². The molecular formula is C32H47NO9. The summed E-state index contributed by atoms with van der Waals surface area (Å²) < 4.78 is 22.1. The van der Waals surface area contributed by atoms with E-state index in [0.29, 0.717) is 58.1 Å². The number of likely N-dealkylation sites (tertiary alicyclic amines) is 1. The summed E-state index contributed by atoms with van der Waals surface area (Å²) >= 11 is 0. The van der Waals surface area contributed by atoms with Gasteiger partial charge in [-0.25, -0.2) is 9.59 Å². The van der Waals surface area contributed by atoms with Crippen molar-refractivity contribution in [2.45, 2.75) is 108 Å². The summed E-state index contributed by atoms with van der Waals surface area (Å²) in [5.74, 6) is -1.17. The van der Waals surface area contributed by atoms with Crippen LogP contribution in [0.4, 0.5) is 4.79 Å². The molecule has 42 heavy (non-hydrogen) atoms. The van der Waals surface area contributed by atoms with Crippen LogP contribution in [0.25, 0.3) is 0 Å². The molecule has 9 atom stereocenters. The van der Waals surface area contributed by atoms with E-state index >= 15 is 0 Å². The van der Waals surface area contributed by atoms with E-state index in [1.807, 2.05) is 0 Å². The monoisotopic (exact) mass is 589 g/mol. The quantitative estimate of drug-likeness (QED) is 0.350. The number of rotatable bonds is 6. The number of nitrogens with zero attached hydrogens (tertiary/aromatic N) is 1. The first kappa shape index (κ1) is 29.9. The molecule has 2 heterocycles. The first-order chi connectivity index (χ1) is 19.9. The number of fused-ring (bicyclic) bond motifs is 5. The van der Waals surface area contributed by atoms with Gasteiger partial charge in [0.1, 0.15) is 25.4 Å². The summed E-state index contributed by atoms with van der Waals surface area (Å²) in [5.41, 5.74) is -2.46. The molecule has 4 saturated carbocycles. The van der Waals surface area contributed by atoms with Crippen molar-refractivity contribution in [2.75, 3.05) is 32.8 Å². The van der Waals surface area contributed by atoms with Crippen molar-refractivity contribution in [1.29, 1.82) is 0 Å². The van der Waals surface area contributed by atoms with Gasteiger partial charge in [0.05, 0.1) is 11.2 Å². The molecule has 6 rings (SSSR count). The Morgan fingerprint density at radius 2 is 1.71 bits per heavy atom. The van der Waals surface area contributed by atoms with Crippen LogP contribution in [0.5, 0.6) is 0 Å². The molecule has 2 aliphatic heterocycles. The normalized spacial score (nSPS) is 44.8. The molecule has 0 aromatic rings. The summed E-state index contributed by atoms with van der Waals surface area (Å²) in [4.78, 5) is 38.9. The largest absolute Gasteiger partial charge is 0.508 e. The van der Waals surface area contributed by atoms with Gasteiger partial charge in [-0.05, 0) is 87.3 Å². The van der Waals surface area contributed by atoms with Crippen LogP contribution < -0.4 is 0 Å². The second-order valence-electron chi connectivity index (χ2n) is 14.4. The molecule has 4 aliphatic carbocycles. The predicted octanol–water partition coefficient (Wildman–Crippen LogP) is 3.52. The third-order valence-electron chi connectivity index (χ3n) is 12.4. The fourth-order valence-electron chi connectivity index (χ4n) is 10.3. The minimum Gasteiger partial charge on any atom is -0.462 e. The minimum absolute atomic E-state index is 0.0508. The van der Waals surface area contributed by atoms with Gasteiger partial charge < -0.3 is 29.2 Å². The average molecular weight is 590 g/mol. The summed E-state index contributed by atoms with van der Waals surface area (Å²) in [6, 6.07) is 0. The molecule has 6 aliphatic rings. The van der Waals surface area contributed by atoms with Crippen molar-refractivity contribution in [1.82, 2.24) is 4.90 Å². The van der Waals surface area contributed by atoms with Crippen molar-refractivity contribution in [3.63, 3.8) is 0 Å². The molecule has 2 N–H and O–H groups in total. The Morgan fingerprint density at radius 3 is 2.40 bits per heavy atom. The van der Waals surface area contributed by atoms with Crippen molar-refractivity contribution < 1.29 is 43.5 Å². The van der Waals surface area contributed by atoms with Crippen LogP contribution in [-0.2, 0) is 28.5 Å². The van der Waals surface area contributed by atoms with E-state index in [2.05, 4.69) is 18.7 Å². The Balaban J connectivity index is 1.16. The summed E-state index contributed by atoms with van der Waals surface area (Å²) in [6.07, 6.45) is 6.78. The van der Waals surface area contributed by atoms with Crippen molar-refractivity contribution >= 4 is 18.1 Å². The Morgan fingerprint density at radius 1 is 1.00 bits per heavy atom. The lowest BCUT2D eigenvalue weighted by Crippen LogP contribution is -2.67. The highest BCUT2D eigenvalue weighted by molar-refractivity contribution is 5.85. The SMILES string of the molecule is CC(=O)O[C@H]1C[C@]2(O)[C@@H]3CC[C@]4(O)C[C@@H](OC(=O)OCCN5CCCC5)CC[C@]4(C)[C@H]3CC[C@]2(C)[C@H]1C1=CC(=O)OC1. The maximum Gasteiger partial charge on any atom is 0.508 e. The molecular weight excluding hydrogens is 542 g/mol. The lowest BCUT2D eigenvalue weighted by molar-refractivity contribution is -0.255. The van der Waals surface area contributed by atoms with Gasteiger partial charge >= 0.3 is 18.1 Å². The van der Waals surface area contributed by atoms with E-state index in [1.165, 1.54) is 25.8 Å². The number of carbonyl (C=O) groups is 3. The molecule has 0 unspecified atom stereocenters. The van der Waals surface area contributed by atoms with Gasteiger partial charge in [0, 0.05) is 43.7 Å². The Hall–Kier alpha value is -2.17. The van der Waals surface area contributed by atoms with Gasteiger partial charge in [-0.15, -0.1) is 0 Å². The lowest BCUT2D eigenvalue weighted by Gasteiger charge is -2.65. The molecule has 0 amide bonds. The van der Waals surface area contributed by atoms with Crippen LogP contribution in [0, 0.1) is 28.6 Å². The molecule has 0 aromatic carbocycles. The van der Waals surface area contributed by atoms with E-state index in [9.17, 15) is 24.6 Å². The second-order valence-corrected chi connectivity index (χ2v) is 14.4. The molecule has 1 saturated heterocycles. The van der Waals surface area contributed by atoms with E-state index in [1.54, 1.807) is 0 Å². The number of ether oxygens (including phenoxy) is 4. The first-order valence-corrected chi connectivity index (χ1v) is 15.9. The van der Waals surface area contributed by atoms with E-state index in [0.717, 1.165) is 25.1 Å². The van der Waals surface area contributed by atoms with Gasteiger partial charge in [-0.3, -0.25) is 9.69 Å². The maximum atomic E-state index is 12.7. The Labute approximate surface area is 248 Å². The lowest BCUT2D eigenvalue weighted by atomic mass is 9.42. The fourth-order valence-corrected chi connectivity index (χ4v) is 10.3. The van der Waals surface area contributed by atoms with E-state index in [-0.39, 0.29) is 24.4 Å². The molecule has 10 heteroatoms. The fraction of sp³-hybridized carbons (Fsp3) is 0.844. The predicted molar refractivity (Wildman–Crippen MR) is 150 cm³/mol. The van der Waals surface area contributed by atoms with Gasteiger partial charge in [-0.1, -0.05) is 13.8 Å². The Bertz CT molecular complexity index is 1140. The zero-order chi connectivity index (χ0) is 29.9. The summed E-state index contributed by atoms with van der Waals surface area (Å²) in [5, 5.41) is 24.8. The smallest absolute Gasteiger partial charge is 0.462 e. The van der Waals surface area contributed by atoms with E-state index in [4.69, 9.17) is 18.9 Å². The maximum absolute atomic E-state index is 12.7. The number of hydrogen-bond donors (Lipinski definition) is 2. The number of hydrogen-bond acceptors (Lipinski definition) is 10. The number of carbonyl (C=O) groups excluding carboxylic acids is 3.